The van der Waals surface area contributed by atoms with Crippen LogP contribution in [0.2, 0.25) is 0 Å². The van der Waals surface area contributed by atoms with Gasteiger partial charge in [0.15, 0.2) is 4.34 Å². The largest absolute Gasteiger partial charge is 0.466 e. The highest BCUT2D eigenvalue weighted by atomic mass is 32.2. The van der Waals surface area contributed by atoms with Crippen LogP contribution < -0.4 is 5.32 Å². The SMILES string of the molecule is CCOC(=O)Cc1csc(SCC(=O)NC(C)(C)C)n1. The van der Waals surface area contributed by atoms with Crippen molar-refractivity contribution in [3.8, 4) is 0 Å². The summed E-state index contributed by atoms with van der Waals surface area (Å²) in [6, 6.07) is 0. The van der Waals surface area contributed by atoms with E-state index in [0.29, 0.717) is 18.1 Å². The predicted molar refractivity (Wildman–Crippen MR) is 81.1 cm³/mol. The zero-order valence-corrected chi connectivity index (χ0v) is 13.8. The fourth-order valence-corrected chi connectivity index (χ4v) is 3.02. The summed E-state index contributed by atoms with van der Waals surface area (Å²) in [7, 11) is 0. The minimum Gasteiger partial charge on any atom is -0.466 e. The summed E-state index contributed by atoms with van der Waals surface area (Å²) in [4.78, 5) is 27.3. The Morgan fingerprint density at radius 1 is 1.45 bits per heavy atom. The van der Waals surface area contributed by atoms with E-state index >= 15 is 0 Å². The van der Waals surface area contributed by atoms with Crippen molar-refractivity contribution in [3.05, 3.63) is 11.1 Å². The maximum atomic E-state index is 11.7. The van der Waals surface area contributed by atoms with Crippen molar-refractivity contribution < 1.29 is 14.3 Å². The molecule has 0 aliphatic heterocycles. The number of ether oxygens (including phenoxy) is 1. The lowest BCUT2D eigenvalue weighted by Gasteiger charge is -2.19. The van der Waals surface area contributed by atoms with Gasteiger partial charge in [0.1, 0.15) is 0 Å². The highest BCUT2D eigenvalue weighted by molar-refractivity contribution is 8.01. The van der Waals surface area contributed by atoms with Gasteiger partial charge < -0.3 is 10.1 Å². The third-order valence-corrected chi connectivity index (χ3v) is 4.07. The van der Waals surface area contributed by atoms with Crippen LogP contribution >= 0.6 is 23.1 Å². The van der Waals surface area contributed by atoms with Crippen LogP contribution in [0.1, 0.15) is 33.4 Å². The quantitative estimate of drug-likeness (QED) is 0.644. The first-order chi connectivity index (χ1) is 9.30. The topological polar surface area (TPSA) is 68.3 Å². The zero-order chi connectivity index (χ0) is 15.2. The molecule has 0 aliphatic rings. The Balaban J connectivity index is 2.41. The van der Waals surface area contributed by atoms with Crippen LogP contribution in [0.4, 0.5) is 0 Å². The second-order valence-electron chi connectivity index (χ2n) is 5.17. The molecule has 0 aliphatic carbocycles. The van der Waals surface area contributed by atoms with Crippen molar-refractivity contribution in [2.24, 2.45) is 0 Å². The summed E-state index contributed by atoms with van der Waals surface area (Å²) in [5.41, 5.74) is 0.461. The number of esters is 1. The zero-order valence-electron chi connectivity index (χ0n) is 12.2. The van der Waals surface area contributed by atoms with Gasteiger partial charge in [0.05, 0.1) is 24.5 Å². The van der Waals surface area contributed by atoms with E-state index in [-0.39, 0.29) is 23.8 Å². The molecule has 112 valence electrons. The summed E-state index contributed by atoms with van der Waals surface area (Å²) in [6.45, 7) is 7.97. The molecule has 1 amide bonds. The smallest absolute Gasteiger partial charge is 0.311 e. The molecule has 0 fully saturated rings. The van der Waals surface area contributed by atoms with Crippen molar-refractivity contribution in [2.75, 3.05) is 12.4 Å². The second kappa shape index (κ2) is 7.64. The summed E-state index contributed by atoms with van der Waals surface area (Å²) in [5.74, 6) is 0.0216. The fraction of sp³-hybridized carbons (Fsp3) is 0.615. The predicted octanol–water partition coefficient (Wildman–Crippen LogP) is 2.26. The van der Waals surface area contributed by atoms with Crippen LogP contribution in [-0.2, 0) is 20.7 Å². The van der Waals surface area contributed by atoms with E-state index in [1.54, 1.807) is 6.92 Å². The van der Waals surface area contributed by atoms with Gasteiger partial charge in [0.25, 0.3) is 0 Å². The number of hydrogen-bond acceptors (Lipinski definition) is 6. The molecule has 1 aromatic heterocycles. The summed E-state index contributed by atoms with van der Waals surface area (Å²) in [6.07, 6.45) is 0.180. The summed E-state index contributed by atoms with van der Waals surface area (Å²) < 4.78 is 5.65. The number of thioether (sulfide) groups is 1. The van der Waals surface area contributed by atoms with Gasteiger partial charge in [-0.2, -0.15) is 0 Å². The third-order valence-electron chi connectivity index (χ3n) is 2.00. The maximum absolute atomic E-state index is 11.7. The number of hydrogen-bond donors (Lipinski definition) is 1. The van der Waals surface area contributed by atoms with Crippen LogP contribution in [-0.4, -0.2) is 34.8 Å². The van der Waals surface area contributed by atoms with Gasteiger partial charge in [-0.05, 0) is 27.7 Å². The van der Waals surface area contributed by atoms with Gasteiger partial charge in [-0.1, -0.05) is 11.8 Å². The van der Waals surface area contributed by atoms with Crippen molar-refractivity contribution in [3.63, 3.8) is 0 Å². The van der Waals surface area contributed by atoms with Crippen LogP contribution in [0.5, 0.6) is 0 Å². The first kappa shape index (κ1) is 17.0. The number of rotatable bonds is 6. The molecule has 1 heterocycles. The molecule has 0 saturated carbocycles. The Bertz CT molecular complexity index is 466. The molecule has 5 nitrogen and oxygen atoms in total. The Morgan fingerprint density at radius 2 is 2.15 bits per heavy atom. The van der Waals surface area contributed by atoms with Gasteiger partial charge in [-0.15, -0.1) is 11.3 Å². The summed E-state index contributed by atoms with van der Waals surface area (Å²) >= 11 is 2.81. The molecule has 0 bridgehead atoms. The Morgan fingerprint density at radius 3 is 2.75 bits per heavy atom. The van der Waals surface area contributed by atoms with Crippen molar-refractivity contribution >= 4 is 35.0 Å². The molecule has 0 saturated heterocycles. The molecule has 0 radical (unpaired) electrons. The minimum absolute atomic E-state index is 0.0235. The summed E-state index contributed by atoms with van der Waals surface area (Å²) in [5, 5.41) is 4.71. The molecule has 0 unspecified atom stereocenters. The highest BCUT2D eigenvalue weighted by Crippen LogP contribution is 2.23. The van der Waals surface area contributed by atoms with E-state index in [4.69, 9.17) is 4.74 Å². The standard InChI is InChI=1S/C13H20N2O3S2/c1-5-18-11(17)6-9-7-19-12(14-9)20-8-10(16)15-13(2,3)4/h7H,5-6,8H2,1-4H3,(H,15,16). The van der Waals surface area contributed by atoms with E-state index in [0.717, 1.165) is 4.34 Å². The van der Waals surface area contributed by atoms with Gasteiger partial charge >= 0.3 is 5.97 Å². The molecule has 0 atom stereocenters. The molecule has 7 heteroatoms. The van der Waals surface area contributed by atoms with Gasteiger partial charge in [0.2, 0.25) is 5.91 Å². The average molecular weight is 316 g/mol. The Hall–Kier alpha value is -1.08. The third kappa shape index (κ3) is 6.91. The van der Waals surface area contributed by atoms with E-state index in [1.807, 2.05) is 26.2 Å². The maximum Gasteiger partial charge on any atom is 0.311 e. The molecule has 20 heavy (non-hydrogen) atoms. The number of nitrogens with one attached hydrogen (secondary N) is 1. The van der Waals surface area contributed by atoms with E-state index < -0.39 is 0 Å². The normalized spacial score (nSPS) is 11.2. The Labute approximate surface area is 127 Å². The van der Waals surface area contributed by atoms with Gasteiger partial charge in [0, 0.05) is 10.9 Å². The minimum atomic E-state index is -0.278. The first-order valence-electron chi connectivity index (χ1n) is 6.34. The molecule has 0 spiro atoms. The van der Waals surface area contributed by atoms with Crippen LogP contribution in [0, 0.1) is 0 Å². The average Bonchev–Trinajstić information content (AvgIpc) is 2.72. The number of amides is 1. The lowest BCUT2D eigenvalue weighted by Crippen LogP contribution is -2.41. The molecular formula is C13H20N2O3S2. The second-order valence-corrected chi connectivity index (χ2v) is 7.25. The Kier molecular flexibility index (Phi) is 6.48. The molecule has 1 N–H and O–H groups in total. The van der Waals surface area contributed by atoms with Crippen LogP contribution in [0.25, 0.3) is 0 Å². The monoisotopic (exact) mass is 316 g/mol. The van der Waals surface area contributed by atoms with Gasteiger partial charge in [-0.3, -0.25) is 9.59 Å². The van der Waals surface area contributed by atoms with Crippen LogP contribution in [0.3, 0.4) is 0 Å². The molecular weight excluding hydrogens is 296 g/mol. The number of thiazole rings is 1. The molecule has 1 rings (SSSR count). The van der Waals surface area contributed by atoms with E-state index in [9.17, 15) is 9.59 Å². The number of carbonyl (C=O) groups excluding carboxylic acids is 2. The number of nitrogens with zero attached hydrogens (tertiary/aromatic N) is 1. The lowest BCUT2D eigenvalue weighted by molar-refractivity contribution is -0.142. The van der Waals surface area contributed by atoms with E-state index in [2.05, 4.69) is 10.3 Å². The van der Waals surface area contributed by atoms with Crippen LogP contribution in [0.15, 0.2) is 9.72 Å². The highest BCUT2D eigenvalue weighted by Gasteiger charge is 2.15. The fourth-order valence-electron chi connectivity index (χ4n) is 1.38. The van der Waals surface area contributed by atoms with Crippen molar-refractivity contribution in [1.29, 1.82) is 0 Å². The van der Waals surface area contributed by atoms with Crippen molar-refractivity contribution in [2.45, 2.75) is 44.0 Å². The molecule has 1 aromatic rings. The lowest BCUT2D eigenvalue weighted by atomic mass is 10.1. The first-order valence-corrected chi connectivity index (χ1v) is 8.20. The van der Waals surface area contributed by atoms with E-state index in [1.165, 1.54) is 23.1 Å². The van der Waals surface area contributed by atoms with Gasteiger partial charge in [-0.25, -0.2) is 4.98 Å². The number of aromatic nitrogens is 1. The molecule has 0 aromatic carbocycles. The van der Waals surface area contributed by atoms with Crippen molar-refractivity contribution in [1.82, 2.24) is 10.3 Å². The number of carbonyl (C=O) groups is 2.